The lowest BCUT2D eigenvalue weighted by atomic mass is 10.0. The van der Waals surface area contributed by atoms with Gasteiger partial charge in [0.05, 0.1) is 6.10 Å². The van der Waals surface area contributed by atoms with E-state index >= 15 is 0 Å². The second kappa shape index (κ2) is 1.71. The molecule has 2 heteroatoms. The van der Waals surface area contributed by atoms with Gasteiger partial charge in [-0.3, -0.25) is 0 Å². The van der Waals surface area contributed by atoms with Gasteiger partial charge in [0.25, 0.3) is 0 Å². The van der Waals surface area contributed by atoms with E-state index in [1.807, 2.05) is 6.92 Å². The van der Waals surface area contributed by atoms with Gasteiger partial charge in [0.2, 0.25) is 0 Å². The molecule has 2 nitrogen and oxygen atoms in total. The molecule has 0 aromatic rings. The largest absolute Gasteiger partial charge is 0.393 e. The number of nitrogens with two attached hydrogens (primary N) is 1. The van der Waals surface area contributed by atoms with Crippen molar-refractivity contribution in [3.05, 3.63) is 0 Å². The molecule has 8 heavy (non-hydrogen) atoms. The van der Waals surface area contributed by atoms with E-state index in [0.29, 0.717) is 0 Å². The molecule has 0 spiro atoms. The third kappa shape index (κ3) is 1.20. The second-order valence-electron chi connectivity index (χ2n) is 3.05. The fraction of sp³-hybridized carbons (Fsp3) is 1.00. The smallest absolute Gasteiger partial charge is 0.0558 e. The standard InChI is InChI=1S/C6H13NO/c1-6(7)3-2-5(8)4-6/h5,8H,2-4,7H2,1H3. The summed E-state index contributed by atoms with van der Waals surface area (Å²) in [5.41, 5.74) is 5.62. The highest BCUT2D eigenvalue weighted by Gasteiger charge is 2.29. The molecule has 1 rings (SSSR count). The summed E-state index contributed by atoms with van der Waals surface area (Å²) in [6, 6.07) is 0. The Kier molecular flexibility index (Phi) is 1.29. The van der Waals surface area contributed by atoms with Crippen LogP contribution >= 0.6 is 0 Å². The van der Waals surface area contributed by atoms with E-state index < -0.39 is 0 Å². The van der Waals surface area contributed by atoms with Crippen molar-refractivity contribution in [1.29, 1.82) is 0 Å². The Morgan fingerprint density at radius 2 is 2.38 bits per heavy atom. The molecule has 0 bridgehead atoms. The molecular formula is C6H13NO. The quantitative estimate of drug-likeness (QED) is 0.475. The van der Waals surface area contributed by atoms with Crippen molar-refractivity contribution in [2.45, 2.75) is 37.8 Å². The third-order valence-electron chi connectivity index (χ3n) is 1.75. The summed E-state index contributed by atoms with van der Waals surface area (Å²) < 4.78 is 0. The Hall–Kier alpha value is -0.0800. The molecule has 2 atom stereocenters. The molecule has 2 unspecified atom stereocenters. The van der Waals surface area contributed by atoms with E-state index in [1.54, 1.807) is 0 Å². The first-order chi connectivity index (χ1) is 3.60. The lowest BCUT2D eigenvalue weighted by Gasteiger charge is -2.14. The van der Waals surface area contributed by atoms with Gasteiger partial charge in [-0.05, 0) is 26.2 Å². The van der Waals surface area contributed by atoms with Crippen molar-refractivity contribution in [3.8, 4) is 0 Å². The van der Waals surface area contributed by atoms with Gasteiger partial charge in [-0.1, -0.05) is 0 Å². The average molecular weight is 115 g/mol. The van der Waals surface area contributed by atoms with Gasteiger partial charge in [-0.15, -0.1) is 0 Å². The first-order valence-electron chi connectivity index (χ1n) is 3.07. The molecule has 0 aromatic carbocycles. The van der Waals surface area contributed by atoms with E-state index in [1.165, 1.54) is 0 Å². The van der Waals surface area contributed by atoms with Crippen LogP contribution in [0.2, 0.25) is 0 Å². The fourth-order valence-electron chi connectivity index (χ4n) is 1.24. The van der Waals surface area contributed by atoms with Gasteiger partial charge in [-0.2, -0.15) is 0 Å². The van der Waals surface area contributed by atoms with Crippen LogP contribution in [0.4, 0.5) is 0 Å². The summed E-state index contributed by atoms with van der Waals surface area (Å²) >= 11 is 0. The summed E-state index contributed by atoms with van der Waals surface area (Å²) in [6.07, 6.45) is 2.48. The van der Waals surface area contributed by atoms with Crippen molar-refractivity contribution in [2.24, 2.45) is 5.73 Å². The van der Waals surface area contributed by atoms with Crippen molar-refractivity contribution in [2.75, 3.05) is 0 Å². The molecule has 1 aliphatic carbocycles. The SMILES string of the molecule is CC1(N)CCC(O)C1. The van der Waals surface area contributed by atoms with Crippen LogP contribution in [-0.4, -0.2) is 16.7 Å². The topological polar surface area (TPSA) is 46.2 Å². The monoisotopic (exact) mass is 115 g/mol. The molecule has 1 fully saturated rings. The Bertz CT molecular complexity index is 90.5. The molecule has 0 saturated heterocycles. The van der Waals surface area contributed by atoms with E-state index in [9.17, 15) is 0 Å². The van der Waals surface area contributed by atoms with E-state index in [2.05, 4.69) is 0 Å². The van der Waals surface area contributed by atoms with Crippen molar-refractivity contribution >= 4 is 0 Å². The molecule has 48 valence electrons. The normalized spacial score (nSPS) is 47.6. The third-order valence-corrected chi connectivity index (χ3v) is 1.75. The Morgan fingerprint density at radius 3 is 2.50 bits per heavy atom. The van der Waals surface area contributed by atoms with Crippen molar-refractivity contribution in [3.63, 3.8) is 0 Å². The minimum absolute atomic E-state index is 0.0839. The van der Waals surface area contributed by atoms with Crippen LogP contribution in [0.3, 0.4) is 0 Å². The molecule has 0 aliphatic heterocycles. The molecule has 1 aliphatic rings. The summed E-state index contributed by atoms with van der Waals surface area (Å²) in [5, 5.41) is 8.98. The zero-order valence-electron chi connectivity index (χ0n) is 5.22. The summed E-state index contributed by atoms with van der Waals surface area (Å²) in [5.74, 6) is 0. The highest BCUT2D eigenvalue weighted by molar-refractivity contribution is 4.88. The predicted octanol–water partition coefficient (Wildman–Crippen LogP) is 0.249. The lowest BCUT2D eigenvalue weighted by molar-refractivity contribution is 0.176. The molecule has 0 aromatic heterocycles. The number of hydrogen-bond acceptors (Lipinski definition) is 2. The van der Waals surface area contributed by atoms with E-state index in [0.717, 1.165) is 19.3 Å². The maximum atomic E-state index is 8.98. The highest BCUT2D eigenvalue weighted by atomic mass is 16.3. The zero-order chi connectivity index (χ0) is 6.20. The van der Waals surface area contributed by atoms with E-state index in [4.69, 9.17) is 10.8 Å². The minimum Gasteiger partial charge on any atom is -0.393 e. The summed E-state index contributed by atoms with van der Waals surface area (Å²) in [4.78, 5) is 0. The van der Waals surface area contributed by atoms with Crippen LogP contribution in [0.5, 0.6) is 0 Å². The van der Waals surface area contributed by atoms with Gasteiger partial charge in [0.1, 0.15) is 0 Å². The molecule has 0 radical (unpaired) electrons. The minimum atomic E-state index is -0.134. The predicted molar refractivity (Wildman–Crippen MR) is 32.5 cm³/mol. The van der Waals surface area contributed by atoms with Crippen molar-refractivity contribution in [1.82, 2.24) is 0 Å². The van der Waals surface area contributed by atoms with Gasteiger partial charge in [-0.25, -0.2) is 0 Å². The van der Waals surface area contributed by atoms with Gasteiger partial charge in [0, 0.05) is 5.54 Å². The van der Waals surface area contributed by atoms with Crippen molar-refractivity contribution < 1.29 is 5.11 Å². The molecule has 3 N–H and O–H groups in total. The Morgan fingerprint density at radius 1 is 1.75 bits per heavy atom. The summed E-state index contributed by atoms with van der Waals surface area (Å²) in [6.45, 7) is 1.99. The van der Waals surface area contributed by atoms with Gasteiger partial charge >= 0.3 is 0 Å². The maximum absolute atomic E-state index is 8.98. The van der Waals surface area contributed by atoms with Crippen LogP contribution in [-0.2, 0) is 0 Å². The first kappa shape index (κ1) is 6.05. The second-order valence-corrected chi connectivity index (χ2v) is 3.05. The van der Waals surface area contributed by atoms with Crippen LogP contribution in [0.25, 0.3) is 0 Å². The summed E-state index contributed by atoms with van der Waals surface area (Å²) in [7, 11) is 0. The Balaban J connectivity index is 2.44. The molecular weight excluding hydrogens is 102 g/mol. The average Bonchev–Trinajstić information content (AvgIpc) is 1.82. The number of hydrogen-bond donors (Lipinski definition) is 2. The zero-order valence-corrected chi connectivity index (χ0v) is 5.22. The maximum Gasteiger partial charge on any atom is 0.0558 e. The molecule has 1 saturated carbocycles. The van der Waals surface area contributed by atoms with Crippen LogP contribution in [0.15, 0.2) is 0 Å². The number of rotatable bonds is 0. The van der Waals surface area contributed by atoms with Gasteiger partial charge in [0.15, 0.2) is 0 Å². The number of aliphatic hydroxyl groups is 1. The highest BCUT2D eigenvalue weighted by Crippen LogP contribution is 2.26. The fourth-order valence-corrected chi connectivity index (χ4v) is 1.24. The van der Waals surface area contributed by atoms with Gasteiger partial charge < -0.3 is 10.8 Å². The lowest BCUT2D eigenvalue weighted by Crippen LogP contribution is -2.32. The van der Waals surface area contributed by atoms with Crippen LogP contribution in [0, 0.1) is 0 Å². The van der Waals surface area contributed by atoms with E-state index in [-0.39, 0.29) is 11.6 Å². The number of aliphatic hydroxyl groups excluding tert-OH is 1. The molecule has 0 heterocycles. The van der Waals surface area contributed by atoms with Crippen LogP contribution in [0.1, 0.15) is 26.2 Å². The first-order valence-corrected chi connectivity index (χ1v) is 3.07. The Labute approximate surface area is 49.7 Å². The molecule has 0 amide bonds. The van der Waals surface area contributed by atoms with Crippen LogP contribution < -0.4 is 5.73 Å².